The van der Waals surface area contributed by atoms with Gasteiger partial charge in [0.15, 0.2) is 0 Å². The van der Waals surface area contributed by atoms with Crippen LogP contribution in [0.2, 0.25) is 0 Å². The molecule has 1 aromatic rings. The Morgan fingerprint density at radius 2 is 2.30 bits per heavy atom. The minimum atomic E-state index is -0.460. The van der Waals surface area contributed by atoms with E-state index < -0.39 is 5.60 Å². The van der Waals surface area contributed by atoms with Gasteiger partial charge in [0, 0.05) is 26.2 Å². The lowest BCUT2D eigenvalue weighted by Crippen LogP contribution is -2.44. The SMILES string of the molecule is Cn1nccc1[C@@]12CCN(C(=O)OC(C)(C)C)C[C@@H]1O2. The predicted molar refractivity (Wildman–Crippen MR) is 72.2 cm³/mol. The molecular formula is C14H21N3O3. The van der Waals surface area contributed by atoms with Gasteiger partial charge in [-0.25, -0.2) is 4.79 Å². The first kappa shape index (κ1) is 13.4. The summed E-state index contributed by atoms with van der Waals surface area (Å²) in [7, 11) is 1.92. The lowest BCUT2D eigenvalue weighted by molar-refractivity contribution is 0.0216. The van der Waals surface area contributed by atoms with Gasteiger partial charge in [-0.15, -0.1) is 0 Å². The predicted octanol–water partition coefficient (Wildman–Crippen LogP) is 1.66. The van der Waals surface area contributed by atoms with Gasteiger partial charge in [-0.05, 0) is 26.8 Å². The van der Waals surface area contributed by atoms with Gasteiger partial charge in [-0.2, -0.15) is 5.10 Å². The number of hydrogen-bond acceptors (Lipinski definition) is 4. The van der Waals surface area contributed by atoms with E-state index in [9.17, 15) is 4.79 Å². The fraction of sp³-hybridized carbons (Fsp3) is 0.714. The summed E-state index contributed by atoms with van der Waals surface area (Å²) in [5, 5.41) is 4.20. The average Bonchev–Trinajstić information content (AvgIpc) is 2.92. The first-order chi connectivity index (χ1) is 9.32. The Bertz CT molecular complexity index is 534. The number of epoxide rings is 1. The summed E-state index contributed by atoms with van der Waals surface area (Å²) >= 11 is 0. The molecule has 2 saturated heterocycles. The number of fused-ring (bicyclic) bond motifs is 1. The molecule has 0 spiro atoms. The van der Waals surface area contributed by atoms with Crippen LogP contribution >= 0.6 is 0 Å². The molecule has 0 radical (unpaired) electrons. The molecule has 6 nitrogen and oxygen atoms in total. The van der Waals surface area contributed by atoms with Gasteiger partial charge < -0.3 is 14.4 Å². The first-order valence-electron chi connectivity index (χ1n) is 6.96. The Morgan fingerprint density at radius 3 is 2.85 bits per heavy atom. The quantitative estimate of drug-likeness (QED) is 0.733. The molecule has 2 aliphatic heterocycles. The van der Waals surface area contributed by atoms with Gasteiger partial charge in [0.2, 0.25) is 0 Å². The van der Waals surface area contributed by atoms with Crippen molar-refractivity contribution in [2.24, 2.45) is 7.05 Å². The van der Waals surface area contributed by atoms with Crippen molar-refractivity contribution in [2.45, 2.75) is 44.5 Å². The van der Waals surface area contributed by atoms with Crippen LogP contribution in [-0.4, -0.2) is 45.6 Å². The van der Waals surface area contributed by atoms with E-state index in [0.29, 0.717) is 13.1 Å². The monoisotopic (exact) mass is 279 g/mol. The number of ether oxygens (including phenoxy) is 2. The number of carbonyl (C=O) groups is 1. The summed E-state index contributed by atoms with van der Waals surface area (Å²) in [5.74, 6) is 0. The Morgan fingerprint density at radius 1 is 1.55 bits per heavy atom. The number of nitrogens with zero attached hydrogens (tertiary/aromatic N) is 3. The zero-order valence-electron chi connectivity index (χ0n) is 12.4. The third kappa shape index (κ3) is 2.18. The molecule has 20 heavy (non-hydrogen) atoms. The van der Waals surface area contributed by atoms with Crippen molar-refractivity contribution in [3.63, 3.8) is 0 Å². The van der Waals surface area contributed by atoms with Crippen molar-refractivity contribution >= 4 is 6.09 Å². The normalized spacial score (nSPS) is 29.0. The van der Waals surface area contributed by atoms with Gasteiger partial charge in [0.25, 0.3) is 0 Å². The third-order valence-corrected chi connectivity index (χ3v) is 3.86. The van der Waals surface area contributed by atoms with E-state index in [1.54, 1.807) is 11.1 Å². The minimum Gasteiger partial charge on any atom is -0.444 e. The molecule has 1 aromatic heterocycles. The molecule has 0 bridgehead atoms. The van der Waals surface area contributed by atoms with Crippen molar-refractivity contribution in [1.82, 2.24) is 14.7 Å². The van der Waals surface area contributed by atoms with E-state index in [-0.39, 0.29) is 17.8 Å². The van der Waals surface area contributed by atoms with Gasteiger partial charge in [0.1, 0.15) is 17.3 Å². The van der Waals surface area contributed by atoms with E-state index in [1.165, 1.54) is 0 Å². The fourth-order valence-corrected chi connectivity index (χ4v) is 2.85. The van der Waals surface area contributed by atoms with Crippen LogP contribution in [0.5, 0.6) is 0 Å². The Kier molecular flexibility index (Phi) is 2.83. The number of rotatable bonds is 1. The number of amides is 1. The van der Waals surface area contributed by atoms with Crippen molar-refractivity contribution in [2.75, 3.05) is 13.1 Å². The van der Waals surface area contributed by atoms with Gasteiger partial charge in [0.05, 0.1) is 12.2 Å². The van der Waals surface area contributed by atoms with E-state index in [2.05, 4.69) is 5.10 Å². The number of piperidine rings is 1. The van der Waals surface area contributed by atoms with Crippen LogP contribution < -0.4 is 0 Å². The summed E-state index contributed by atoms with van der Waals surface area (Å²) in [4.78, 5) is 13.8. The molecule has 0 saturated carbocycles. The molecule has 0 N–H and O–H groups in total. The molecule has 1 amide bonds. The molecule has 110 valence electrons. The highest BCUT2D eigenvalue weighted by Gasteiger charge is 2.62. The van der Waals surface area contributed by atoms with Crippen LogP contribution in [-0.2, 0) is 22.1 Å². The maximum Gasteiger partial charge on any atom is 0.410 e. The minimum absolute atomic E-state index is 0.0548. The number of aromatic nitrogens is 2. The zero-order chi connectivity index (χ0) is 14.5. The largest absolute Gasteiger partial charge is 0.444 e. The van der Waals surface area contributed by atoms with Crippen LogP contribution in [0.25, 0.3) is 0 Å². The second kappa shape index (κ2) is 4.22. The molecule has 0 unspecified atom stereocenters. The summed E-state index contributed by atoms with van der Waals surface area (Å²) in [6.07, 6.45) is 2.37. The molecule has 6 heteroatoms. The lowest BCUT2D eigenvalue weighted by Gasteiger charge is -2.30. The van der Waals surface area contributed by atoms with E-state index >= 15 is 0 Å². The number of likely N-dealkylation sites (tertiary alicyclic amines) is 1. The highest BCUT2D eigenvalue weighted by Crippen LogP contribution is 2.51. The van der Waals surface area contributed by atoms with Gasteiger partial charge >= 0.3 is 6.09 Å². The Balaban J connectivity index is 1.66. The first-order valence-corrected chi connectivity index (χ1v) is 6.96. The zero-order valence-corrected chi connectivity index (χ0v) is 12.4. The highest BCUT2D eigenvalue weighted by atomic mass is 16.6. The maximum atomic E-state index is 12.1. The second-order valence-electron chi connectivity index (χ2n) is 6.51. The van der Waals surface area contributed by atoms with Crippen LogP contribution in [0.4, 0.5) is 4.79 Å². The summed E-state index contributed by atoms with van der Waals surface area (Å²) in [5.41, 5.74) is 0.383. The van der Waals surface area contributed by atoms with Crippen LogP contribution in [0, 0.1) is 0 Å². The average molecular weight is 279 g/mol. The molecule has 2 aliphatic rings. The maximum absolute atomic E-state index is 12.1. The van der Waals surface area contributed by atoms with E-state index in [4.69, 9.17) is 9.47 Å². The molecule has 2 atom stereocenters. The topological polar surface area (TPSA) is 59.9 Å². The molecule has 0 aliphatic carbocycles. The molecular weight excluding hydrogens is 258 g/mol. The van der Waals surface area contributed by atoms with Crippen molar-refractivity contribution < 1.29 is 14.3 Å². The number of carbonyl (C=O) groups excluding carboxylic acids is 1. The Labute approximate surface area is 118 Å². The molecule has 3 heterocycles. The standard InChI is InChI=1S/C14H21N3O3/c1-13(2,3)20-12(18)17-8-6-14(11(9-17)19-14)10-5-7-15-16(10)4/h5,7,11H,6,8-9H2,1-4H3/t11-,14-/m0/s1. The van der Waals surface area contributed by atoms with Crippen molar-refractivity contribution in [3.8, 4) is 0 Å². The van der Waals surface area contributed by atoms with Crippen molar-refractivity contribution in [3.05, 3.63) is 18.0 Å². The molecule has 2 fully saturated rings. The lowest BCUT2D eigenvalue weighted by atomic mass is 9.93. The van der Waals surface area contributed by atoms with Crippen LogP contribution in [0.3, 0.4) is 0 Å². The fourth-order valence-electron chi connectivity index (χ4n) is 2.85. The summed E-state index contributed by atoms with van der Waals surface area (Å²) in [6, 6.07) is 1.99. The smallest absolute Gasteiger partial charge is 0.410 e. The van der Waals surface area contributed by atoms with Gasteiger partial charge in [-0.1, -0.05) is 0 Å². The van der Waals surface area contributed by atoms with Gasteiger partial charge in [-0.3, -0.25) is 4.68 Å². The van der Waals surface area contributed by atoms with E-state index in [0.717, 1.165) is 12.1 Å². The third-order valence-electron chi connectivity index (χ3n) is 3.86. The number of hydrogen-bond donors (Lipinski definition) is 0. The number of aryl methyl sites for hydroxylation is 1. The second-order valence-corrected chi connectivity index (χ2v) is 6.51. The van der Waals surface area contributed by atoms with Crippen LogP contribution in [0.15, 0.2) is 12.3 Å². The highest BCUT2D eigenvalue weighted by molar-refractivity contribution is 5.68. The Hall–Kier alpha value is -1.56. The van der Waals surface area contributed by atoms with E-state index in [1.807, 2.05) is 38.6 Å². The molecule has 3 rings (SSSR count). The van der Waals surface area contributed by atoms with Crippen molar-refractivity contribution in [1.29, 1.82) is 0 Å². The van der Waals surface area contributed by atoms with Crippen LogP contribution in [0.1, 0.15) is 32.9 Å². The summed E-state index contributed by atoms with van der Waals surface area (Å²) < 4.78 is 13.1. The molecule has 0 aromatic carbocycles. The summed E-state index contributed by atoms with van der Waals surface area (Å²) in [6.45, 7) is 6.86.